The molecule has 14 heavy (non-hydrogen) atoms. The molecule has 0 saturated carbocycles. The van der Waals surface area contributed by atoms with Gasteiger partial charge in [0.05, 0.1) is 6.10 Å². The van der Waals surface area contributed by atoms with Crippen LogP contribution in [-0.4, -0.2) is 22.7 Å². The van der Waals surface area contributed by atoms with Crippen LogP contribution in [0.1, 0.15) is 24.5 Å². The number of benzene rings is 1. The van der Waals surface area contributed by atoms with E-state index in [0.29, 0.717) is 0 Å². The Labute approximate surface area is 85.2 Å². The molecule has 1 aromatic rings. The van der Waals surface area contributed by atoms with Gasteiger partial charge in [-0.2, -0.15) is 0 Å². The third kappa shape index (κ3) is 1.97. The summed E-state index contributed by atoms with van der Waals surface area (Å²) in [7, 11) is 0. The molecule has 2 heteroatoms. The lowest BCUT2D eigenvalue weighted by molar-refractivity contribution is 0.108. The van der Waals surface area contributed by atoms with E-state index in [0.717, 1.165) is 26.1 Å². The molecule has 2 rings (SSSR count). The number of rotatable bonds is 3. The second-order valence-corrected chi connectivity index (χ2v) is 4.00. The van der Waals surface area contributed by atoms with Gasteiger partial charge in [-0.25, -0.2) is 0 Å². The fourth-order valence-corrected chi connectivity index (χ4v) is 1.96. The Bertz CT molecular complexity index is 286. The average Bonchev–Trinajstić information content (AvgIpc) is 2.59. The van der Waals surface area contributed by atoms with Gasteiger partial charge < -0.3 is 5.11 Å². The van der Waals surface area contributed by atoms with Gasteiger partial charge in [0.2, 0.25) is 0 Å². The van der Waals surface area contributed by atoms with Crippen molar-refractivity contribution in [2.24, 2.45) is 0 Å². The normalized spacial score (nSPS) is 18.1. The van der Waals surface area contributed by atoms with Crippen LogP contribution in [-0.2, 0) is 13.1 Å². The van der Waals surface area contributed by atoms with Crippen LogP contribution in [0.5, 0.6) is 0 Å². The van der Waals surface area contributed by atoms with Gasteiger partial charge in [0.25, 0.3) is 0 Å². The summed E-state index contributed by atoms with van der Waals surface area (Å²) in [5.74, 6) is 0. The Morgan fingerprint density at radius 2 is 1.86 bits per heavy atom. The summed E-state index contributed by atoms with van der Waals surface area (Å²) in [5, 5.41) is 9.56. The molecule has 1 heterocycles. The van der Waals surface area contributed by atoms with E-state index in [1.54, 1.807) is 0 Å². The first-order chi connectivity index (χ1) is 6.79. The highest BCUT2D eigenvalue weighted by molar-refractivity contribution is 5.30. The number of hydrogen-bond donors (Lipinski definition) is 1. The molecule has 0 spiro atoms. The Hall–Kier alpha value is -0.860. The standard InChI is InChI=1S/C12H17NO/c1-2-12(14)9-13-7-10-5-3-4-6-11(10)8-13/h3-6,12,14H,2,7-9H2,1H3/t12-/m1/s1. The molecule has 0 amide bonds. The Morgan fingerprint density at radius 1 is 1.29 bits per heavy atom. The van der Waals surface area contributed by atoms with Crippen molar-refractivity contribution >= 4 is 0 Å². The molecule has 0 unspecified atom stereocenters. The van der Waals surface area contributed by atoms with Crippen molar-refractivity contribution in [3.63, 3.8) is 0 Å². The molecular weight excluding hydrogens is 174 g/mol. The highest BCUT2D eigenvalue weighted by Gasteiger charge is 2.19. The molecule has 0 bridgehead atoms. The predicted molar refractivity (Wildman–Crippen MR) is 56.9 cm³/mol. The quantitative estimate of drug-likeness (QED) is 0.787. The van der Waals surface area contributed by atoms with Gasteiger partial charge in [-0.05, 0) is 17.5 Å². The van der Waals surface area contributed by atoms with Gasteiger partial charge in [0.1, 0.15) is 0 Å². The summed E-state index contributed by atoms with van der Waals surface area (Å²) in [6, 6.07) is 8.51. The van der Waals surface area contributed by atoms with Gasteiger partial charge in [0, 0.05) is 19.6 Å². The molecule has 1 N–H and O–H groups in total. The fourth-order valence-electron chi connectivity index (χ4n) is 1.96. The summed E-state index contributed by atoms with van der Waals surface area (Å²) in [6.07, 6.45) is 0.664. The molecule has 1 aliphatic heterocycles. The van der Waals surface area contributed by atoms with Crippen LogP contribution in [0.4, 0.5) is 0 Å². The van der Waals surface area contributed by atoms with E-state index in [1.165, 1.54) is 11.1 Å². The Kier molecular flexibility index (Phi) is 2.85. The van der Waals surface area contributed by atoms with Gasteiger partial charge in [-0.3, -0.25) is 4.90 Å². The highest BCUT2D eigenvalue weighted by Crippen LogP contribution is 2.22. The summed E-state index contributed by atoms with van der Waals surface area (Å²) < 4.78 is 0. The van der Waals surface area contributed by atoms with Gasteiger partial charge in [-0.15, -0.1) is 0 Å². The van der Waals surface area contributed by atoms with Crippen molar-refractivity contribution in [1.29, 1.82) is 0 Å². The van der Waals surface area contributed by atoms with Crippen molar-refractivity contribution in [3.8, 4) is 0 Å². The molecule has 1 aliphatic rings. The molecule has 1 aromatic carbocycles. The van der Waals surface area contributed by atoms with Crippen molar-refractivity contribution in [1.82, 2.24) is 4.90 Å². The largest absolute Gasteiger partial charge is 0.392 e. The molecule has 0 fully saturated rings. The zero-order valence-electron chi connectivity index (χ0n) is 8.61. The maximum atomic E-state index is 9.56. The molecule has 0 aliphatic carbocycles. The number of fused-ring (bicyclic) bond motifs is 1. The Balaban J connectivity index is 1.98. The number of nitrogens with zero attached hydrogens (tertiary/aromatic N) is 1. The zero-order chi connectivity index (χ0) is 9.97. The van der Waals surface area contributed by atoms with Crippen LogP contribution in [0.2, 0.25) is 0 Å². The van der Waals surface area contributed by atoms with Crippen molar-refractivity contribution < 1.29 is 5.11 Å². The van der Waals surface area contributed by atoms with E-state index in [4.69, 9.17) is 0 Å². The second kappa shape index (κ2) is 4.11. The SMILES string of the molecule is CC[C@@H](O)CN1Cc2ccccc2C1. The third-order valence-corrected chi connectivity index (χ3v) is 2.85. The first-order valence-corrected chi connectivity index (χ1v) is 5.26. The molecule has 1 atom stereocenters. The first kappa shape index (κ1) is 9.69. The van der Waals surface area contributed by atoms with Crippen LogP contribution in [0.15, 0.2) is 24.3 Å². The van der Waals surface area contributed by atoms with Crippen LogP contribution < -0.4 is 0 Å². The van der Waals surface area contributed by atoms with E-state index in [9.17, 15) is 5.11 Å². The van der Waals surface area contributed by atoms with Crippen LogP contribution >= 0.6 is 0 Å². The third-order valence-electron chi connectivity index (χ3n) is 2.85. The summed E-state index contributed by atoms with van der Waals surface area (Å²) in [6.45, 7) is 4.81. The smallest absolute Gasteiger partial charge is 0.0664 e. The second-order valence-electron chi connectivity index (χ2n) is 4.00. The van der Waals surface area contributed by atoms with Crippen molar-refractivity contribution in [2.75, 3.05) is 6.54 Å². The molecule has 0 saturated heterocycles. The zero-order valence-corrected chi connectivity index (χ0v) is 8.61. The first-order valence-electron chi connectivity index (χ1n) is 5.26. The Morgan fingerprint density at radius 3 is 2.36 bits per heavy atom. The van der Waals surface area contributed by atoms with E-state index < -0.39 is 0 Å². The molecule has 2 nitrogen and oxygen atoms in total. The van der Waals surface area contributed by atoms with Gasteiger partial charge in [-0.1, -0.05) is 31.2 Å². The van der Waals surface area contributed by atoms with Crippen LogP contribution in [0.3, 0.4) is 0 Å². The monoisotopic (exact) mass is 191 g/mol. The minimum Gasteiger partial charge on any atom is -0.392 e. The average molecular weight is 191 g/mol. The number of hydrogen-bond acceptors (Lipinski definition) is 2. The van der Waals surface area contributed by atoms with Crippen molar-refractivity contribution in [2.45, 2.75) is 32.5 Å². The van der Waals surface area contributed by atoms with E-state index in [1.807, 2.05) is 6.92 Å². The molecule has 0 aromatic heterocycles. The molecular formula is C12H17NO. The minimum absolute atomic E-state index is 0.177. The lowest BCUT2D eigenvalue weighted by atomic mass is 10.1. The van der Waals surface area contributed by atoms with E-state index in [-0.39, 0.29) is 6.10 Å². The number of β-amino-alcohol motifs (C(OH)–C–C–N with tert-alkyl or cyclic N) is 1. The maximum absolute atomic E-state index is 9.56. The fraction of sp³-hybridized carbons (Fsp3) is 0.500. The lowest BCUT2D eigenvalue weighted by Gasteiger charge is -2.17. The van der Waals surface area contributed by atoms with Gasteiger partial charge in [0.15, 0.2) is 0 Å². The number of aliphatic hydroxyl groups is 1. The van der Waals surface area contributed by atoms with Crippen LogP contribution in [0.25, 0.3) is 0 Å². The summed E-state index contributed by atoms with van der Waals surface area (Å²) >= 11 is 0. The lowest BCUT2D eigenvalue weighted by Crippen LogP contribution is -2.27. The van der Waals surface area contributed by atoms with E-state index >= 15 is 0 Å². The summed E-state index contributed by atoms with van der Waals surface area (Å²) in [5.41, 5.74) is 2.83. The van der Waals surface area contributed by atoms with Crippen LogP contribution in [0, 0.1) is 0 Å². The molecule has 76 valence electrons. The molecule has 0 radical (unpaired) electrons. The van der Waals surface area contributed by atoms with Gasteiger partial charge >= 0.3 is 0 Å². The topological polar surface area (TPSA) is 23.5 Å². The van der Waals surface area contributed by atoms with E-state index in [2.05, 4.69) is 29.2 Å². The predicted octanol–water partition coefficient (Wildman–Crippen LogP) is 1.77. The summed E-state index contributed by atoms with van der Waals surface area (Å²) in [4.78, 5) is 2.30. The highest BCUT2D eigenvalue weighted by atomic mass is 16.3. The van der Waals surface area contributed by atoms with Crippen molar-refractivity contribution in [3.05, 3.63) is 35.4 Å². The number of aliphatic hydroxyl groups excluding tert-OH is 1. The maximum Gasteiger partial charge on any atom is 0.0664 e. The minimum atomic E-state index is -0.177.